The molecule has 0 saturated heterocycles. The molecule has 150 valence electrons. The van der Waals surface area contributed by atoms with E-state index in [1.807, 2.05) is 67.8 Å². The maximum absolute atomic E-state index is 12.3. The van der Waals surface area contributed by atoms with Crippen LogP contribution in [0.2, 0.25) is 10.0 Å². The summed E-state index contributed by atoms with van der Waals surface area (Å²) in [5, 5.41) is 5.05. The van der Waals surface area contributed by atoms with Crippen molar-refractivity contribution in [2.75, 3.05) is 0 Å². The molecule has 4 nitrogen and oxygen atoms in total. The van der Waals surface area contributed by atoms with Crippen molar-refractivity contribution in [3.05, 3.63) is 81.6 Å². The Morgan fingerprint density at radius 3 is 2.55 bits per heavy atom. The number of halogens is 2. The van der Waals surface area contributed by atoms with Gasteiger partial charge < -0.3 is 4.57 Å². The summed E-state index contributed by atoms with van der Waals surface area (Å²) in [6.07, 6.45) is 1.65. The van der Waals surface area contributed by atoms with Crippen molar-refractivity contribution in [3.8, 4) is 5.69 Å². The van der Waals surface area contributed by atoms with Crippen molar-refractivity contribution in [2.24, 2.45) is 5.10 Å². The average molecular weight is 446 g/mol. The summed E-state index contributed by atoms with van der Waals surface area (Å²) in [5.74, 6) is -0.148. The molecule has 2 aromatic carbocycles. The summed E-state index contributed by atoms with van der Waals surface area (Å²) in [6.45, 7) is 5.83. The second-order valence-electron chi connectivity index (χ2n) is 6.56. The van der Waals surface area contributed by atoms with E-state index in [-0.39, 0.29) is 11.2 Å². The predicted molar refractivity (Wildman–Crippen MR) is 123 cm³/mol. The van der Waals surface area contributed by atoms with E-state index in [0.29, 0.717) is 10.0 Å². The van der Waals surface area contributed by atoms with Gasteiger partial charge in [0.2, 0.25) is 0 Å². The zero-order valence-electron chi connectivity index (χ0n) is 16.3. The molecule has 3 aromatic rings. The Hall–Kier alpha value is -2.21. The second-order valence-corrected chi connectivity index (χ2v) is 8.82. The number of aryl methyl sites for hydroxylation is 1. The SMILES string of the molecule is Cc1cc(/C=N\NC(=O)[C@@H](C)Sc2ccccc2)c(C)n1-c1ccc(Cl)cc1Cl. The van der Waals surface area contributed by atoms with Gasteiger partial charge >= 0.3 is 0 Å². The molecule has 1 aromatic heterocycles. The zero-order chi connectivity index (χ0) is 21.0. The molecule has 7 heteroatoms. The highest BCUT2D eigenvalue weighted by molar-refractivity contribution is 8.00. The summed E-state index contributed by atoms with van der Waals surface area (Å²) in [7, 11) is 0. The Balaban J connectivity index is 1.70. The molecule has 1 atom stereocenters. The normalized spacial score (nSPS) is 12.3. The second kappa shape index (κ2) is 9.53. The molecule has 1 N–H and O–H groups in total. The van der Waals surface area contributed by atoms with E-state index in [2.05, 4.69) is 10.5 Å². The van der Waals surface area contributed by atoms with Gasteiger partial charge in [0, 0.05) is 26.9 Å². The summed E-state index contributed by atoms with van der Waals surface area (Å²) in [5.41, 5.74) is 6.35. The van der Waals surface area contributed by atoms with Crippen LogP contribution < -0.4 is 5.43 Å². The molecule has 0 aliphatic carbocycles. The number of carbonyl (C=O) groups is 1. The Morgan fingerprint density at radius 1 is 1.14 bits per heavy atom. The van der Waals surface area contributed by atoms with Crippen molar-refractivity contribution in [1.29, 1.82) is 0 Å². The number of hydrazone groups is 1. The molecule has 0 aliphatic rings. The van der Waals surface area contributed by atoms with E-state index in [4.69, 9.17) is 23.2 Å². The molecule has 3 rings (SSSR count). The number of rotatable bonds is 6. The predicted octanol–water partition coefficient (Wildman–Crippen LogP) is 6.03. The van der Waals surface area contributed by atoms with Gasteiger partial charge in [0.1, 0.15) is 0 Å². The molecule has 29 heavy (non-hydrogen) atoms. The van der Waals surface area contributed by atoms with E-state index in [0.717, 1.165) is 27.5 Å². The molecule has 0 radical (unpaired) electrons. The van der Waals surface area contributed by atoms with Crippen LogP contribution in [0.5, 0.6) is 0 Å². The van der Waals surface area contributed by atoms with Crippen molar-refractivity contribution in [3.63, 3.8) is 0 Å². The maximum atomic E-state index is 12.3. The third-order valence-electron chi connectivity index (χ3n) is 4.42. The van der Waals surface area contributed by atoms with E-state index >= 15 is 0 Å². The number of amides is 1. The summed E-state index contributed by atoms with van der Waals surface area (Å²) >= 11 is 13.9. The Kier molecular flexibility index (Phi) is 7.06. The minimum atomic E-state index is -0.255. The third-order valence-corrected chi connectivity index (χ3v) is 6.07. The molecule has 1 heterocycles. The number of aromatic nitrogens is 1. The fourth-order valence-electron chi connectivity index (χ4n) is 2.96. The maximum Gasteiger partial charge on any atom is 0.253 e. The number of hydrogen-bond acceptors (Lipinski definition) is 3. The van der Waals surface area contributed by atoms with Gasteiger partial charge in [-0.25, -0.2) is 5.43 Å². The van der Waals surface area contributed by atoms with Crippen LogP contribution in [0.3, 0.4) is 0 Å². The van der Waals surface area contributed by atoms with Gasteiger partial charge in [-0.15, -0.1) is 11.8 Å². The Labute approximate surface area is 184 Å². The number of thioether (sulfide) groups is 1. The van der Waals surface area contributed by atoms with E-state index in [9.17, 15) is 4.79 Å². The molecule has 0 bridgehead atoms. The van der Waals surface area contributed by atoms with Crippen LogP contribution >= 0.6 is 35.0 Å². The topological polar surface area (TPSA) is 46.4 Å². The van der Waals surface area contributed by atoms with Gasteiger partial charge in [0.15, 0.2) is 0 Å². The highest BCUT2D eigenvalue weighted by Crippen LogP contribution is 2.28. The van der Waals surface area contributed by atoms with Gasteiger partial charge in [-0.1, -0.05) is 41.4 Å². The van der Waals surface area contributed by atoms with E-state index < -0.39 is 0 Å². The van der Waals surface area contributed by atoms with Crippen molar-refractivity contribution in [1.82, 2.24) is 9.99 Å². The molecule has 0 saturated carbocycles. The first kappa shape index (κ1) is 21.5. The van der Waals surface area contributed by atoms with E-state index in [1.54, 1.807) is 18.3 Å². The van der Waals surface area contributed by atoms with Crippen molar-refractivity contribution < 1.29 is 4.79 Å². The average Bonchev–Trinajstić information content (AvgIpc) is 2.96. The van der Waals surface area contributed by atoms with Crippen LogP contribution in [-0.2, 0) is 4.79 Å². The highest BCUT2D eigenvalue weighted by atomic mass is 35.5. The third kappa shape index (κ3) is 5.24. The molecule has 1 amide bonds. The molecular formula is C22H21Cl2N3OS. The van der Waals surface area contributed by atoms with Crippen LogP contribution in [0.15, 0.2) is 64.6 Å². The van der Waals surface area contributed by atoms with Gasteiger partial charge in [-0.05, 0) is 57.2 Å². The highest BCUT2D eigenvalue weighted by Gasteiger charge is 2.15. The number of carbonyl (C=O) groups excluding carboxylic acids is 1. The van der Waals surface area contributed by atoms with Gasteiger partial charge in [-0.3, -0.25) is 4.79 Å². The Bertz CT molecular complexity index is 1050. The molecule has 0 unspecified atom stereocenters. The van der Waals surface area contributed by atoms with Crippen LogP contribution in [0.1, 0.15) is 23.9 Å². The van der Waals surface area contributed by atoms with Crippen LogP contribution in [-0.4, -0.2) is 21.9 Å². The minimum Gasteiger partial charge on any atom is -0.316 e. The van der Waals surface area contributed by atoms with E-state index in [1.165, 1.54) is 11.8 Å². The fourth-order valence-corrected chi connectivity index (χ4v) is 4.34. The molecule has 0 fully saturated rings. The lowest BCUT2D eigenvalue weighted by Crippen LogP contribution is -2.26. The number of nitrogens with zero attached hydrogens (tertiary/aromatic N) is 2. The largest absolute Gasteiger partial charge is 0.316 e. The summed E-state index contributed by atoms with van der Waals surface area (Å²) < 4.78 is 2.04. The van der Waals surface area contributed by atoms with Crippen LogP contribution in [0.25, 0.3) is 5.69 Å². The fraction of sp³-hybridized carbons (Fsp3) is 0.182. The minimum absolute atomic E-state index is 0.148. The number of nitrogens with one attached hydrogen (secondary N) is 1. The van der Waals surface area contributed by atoms with Gasteiger partial charge in [0.25, 0.3) is 5.91 Å². The standard InChI is InChI=1S/C22H21Cl2N3OS/c1-14-11-17(15(2)27(14)21-10-9-18(23)12-20(21)24)13-25-26-22(28)16(3)29-19-7-5-4-6-8-19/h4-13,16H,1-3H3,(H,26,28)/b25-13-/t16-/m1/s1. The molecule has 0 spiro atoms. The number of benzene rings is 2. The van der Waals surface area contributed by atoms with Crippen LogP contribution in [0, 0.1) is 13.8 Å². The smallest absolute Gasteiger partial charge is 0.253 e. The number of hydrogen-bond donors (Lipinski definition) is 1. The van der Waals surface area contributed by atoms with Gasteiger partial charge in [-0.2, -0.15) is 5.10 Å². The summed E-state index contributed by atoms with van der Waals surface area (Å²) in [6, 6.07) is 17.2. The first-order chi connectivity index (χ1) is 13.9. The van der Waals surface area contributed by atoms with Crippen molar-refractivity contribution >= 4 is 47.1 Å². The van der Waals surface area contributed by atoms with Crippen molar-refractivity contribution in [2.45, 2.75) is 30.9 Å². The first-order valence-corrected chi connectivity index (χ1v) is 10.7. The monoisotopic (exact) mass is 445 g/mol. The summed E-state index contributed by atoms with van der Waals surface area (Å²) in [4.78, 5) is 13.4. The first-order valence-electron chi connectivity index (χ1n) is 9.06. The molecule has 0 aliphatic heterocycles. The Morgan fingerprint density at radius 2 is 1.86 bits per heavy atom. The van der Waals surface area contributed by atoms with Crippen LogP contribution in [0.4, 0.5) is 0 Å². The quantitative estimate of drug-likeness (QED) is 0.285. The van der Waals surface area contributed by atoms with Gasteiger partial charge in [0.05, 0.1) is 22.2 Å². The lowest BCUT2D eigenvalue weighted by Gasteiger charge is -2.12. The molecular weight excluding hydrogens is 425 g/mol. The lowest BCUT2D eigenvalue weighted by molar-refractivity contribution is -0.120. The zero-order valence-corrected chi connectivity index (χ0v) is 18.6. The lowest BCUT2D eigenvalue weighted by atomic mass is 10.2.